The first-order valence-corrected chi connectivity index (χ1v) is 10.2. The third-order valence-corrected chi connectivity index (χ3v) is 5.74. The Morgan fingerprint density at radius 2 is 1.79 bits per heavy atom. The fourth-order valence-corrected chi connectivity index (χ4v) is 4.26. The first-order valence-electron chi connectivity index (χ1n) is 8.74. The van der Waals surface area contributed by atoms with Crippen molar-refractivity contribution in [3.63, 3.8) is 0 Å². The van der Waals surface area contributed by atoms with Gasteiger partial charge in [-0.15, -0.1) is 0 Å². The third kappa shape index (κ3) is 5.81. The number of pyridine rings is 1. The van der Waals surface area contributed by atoms with E-state index in [0.717, 1.165) is 6.07 Å². The Kier molecular flexibility index (Phi) is 6.29. The maximum Gasteiger partial charge on any atom is 0.433 e. The molecule has 1 fully saturated rings. The van der Waals surface area contributed by atoms with Gasteiger partial charge in [0.05, 0.1) is 5.69 Å². The molecule has 0 saturated carbocycles. The minimum absolute atomic E-state index is 0.228. The normalized spacial score (nSPS) is 16.9. The van der Waals surface area contributed by atoms with Gasteiger partial charge in [-0.1, -0.05) is 0 Å². The number of rotatable bonds is 3. The maximum absolute atomic E-state index is 12.7. The van der Waals surface area contributed by atoms with Crippen molar-refractivity contribution in [2.75, 3.05) is 13.1 Å². The summed E-state index contributed by atoms with van der Waals surface area (Å²) in [7, 11) is -4.03. The second-order valence-corrected chi connectivity index (χ2v) is 9.32. The first kappa shape index (κ1) is 22.4. The second kappa shape index (κ2) is 7.86. The van der Waals surface area contributed by atoms with Gasteiger partial charge in [0.15, 0.2) is 0 Å². The molecule has 0 aliphatic carbocycles. The van der Waals surface area contributed by atoms with Crippen molar-refractivity contribution in [3.8, 4) is 0 Å². The van der Waals surface area contributed by atoms with E-state index >= 15 is 0 Å². The van der Waals surface area contributed by atoms with E-state index < -0.39 is 39.6 Å². The number of hydrogen-bond donors (Lipinski definition) is 1. The number of sulfonamides is 1. The number of alkyl halides is 3. The molecule has 1 aliphatic heterocycles. The largest absolute Gasteiger partial charge is 0.444 e. The Bertz CT molecular complexity index is 827. The van der Waals surface area contributed by atoms with E-state index in [-0.39, 0.29) is 10.6 Å². The number of nitrogens with zero attached hydrogens (tertiary/aromatic N) is 2. The Hall–Kier alpha value is -1.88. The summed E-state index contributed by atoms with van der Waals surface area (Å²) < 4.78 is 71.0. The van der Waals surface area contributed by atoms with Gasteiger partial charge in [0.2, 0.25) is 10.0 Å². The number of likely N-dealkylation sites (tertiary alicyclic amines) is 1. The molecule has 28 heavy (non-hydrogen) atoms. The smallest absolute Gasteiger partial charge is 0.433 e. The lowest BCUT2D eigenvalue weighted by atomic mass is 10.1. The van der Waals surface area contributed by atoms with E-state index in [2.05, 4.69) is 9.71 Å². The van der Waals surface area contributed by atoms with Crippen molar-refractivity contribution in [2.45, 2.75) is 63.3 Å². The van der Waals surface area contributed by atoms with Crippen molar-refractivity contribution < 1.29 is 31.1 Å². The standard InChI is InChI=1S/C17H24F3N3O4S/c1-11-13(5-6-14(21-11)17(18,19)20)28(25,26)22-12-7-9-23(10-8-12)15(24)27-16(2,3)4/h5-6,12,22H,7-10H2,1-4H3. The predicted octanol–water partition coefficient (Wildman–Crippen LogP) is 3.09. The zero-order chi connectivity index (χ0) is 21.3. The number of carbonyl (C=O) groups is 1. The quantitative estimate of drug-likeness (QED) is 0.807. The lowest BCUT2D eigenvalue weighted by molar-refractivity contribution is -0.141. The number of aryl methyl sites for hydroxylation is 1. The Balaban J connectivity index is 2.02. The van der Waals surface area contributed by atoms with Gasteiger partial charge >= 0.3 is 12.3 Å². The van der Waals surface area contributed by atoms with Gasteiger partial charge in [0.25, 0.3) is 0 Å². The SMILES string of the molecule is Cc1nc(C(F)(F)F)ccc1S(=O)(=O)NC1CCN(C(=O)OC(C)(C)C)CC1. The molecule has 0 aromatic carbocycles. The molecule has 1 aromatic heterocycles. The molecule has 1 saturated heterocycles. The molecule has 2 rings (SSSR count). The number of halogens is 3. The number of amides is 1. The molecule has 1 aliphatic rings. The third-order valence-electron chi connectivity index (χ3n) is 4.09. The van der Waals surface area contributed by atoms with Gasteiger partial charge in [-0.05, 0) is 52.7 Å². The van der Waals surface area contributed by atoms with Gasteiger partial charge in [-0.3, -0.25) is 0 Å². The summed E-state index contributed by atoms with van der Waals surface area (Å²) in [6.07, 6.45) is -4.37. The Morgan fingerprint density at radius 1 is 1.21 bits per heavy atom. The molecule has 2 heterocycles. The molecule has 11 heteroatoms. The number of carbonyl (C=O) groups excluding carboxylic acids is 1. The van der Waals surface area contributed by atoms with Crippen molar-refractivity contribution in [1.29, 1.82) is 0 Å². The highest BCUT2D eigenvalue weighted by Gasteiger charge is 2.34. The Labute approximate surface area is 162 Å². The second-order valence-electron chi connectivity index (χ2n) is 7.64. The molecule has 0 spiro atoms. The molecule has 1 aromatic rings. The predicted molar refractivity (Wildman–Crippen MR) is 95.1 cm³/mol. The number of hydrogen-bond acceptors (Lipinski definition) is 5. The van der Waals surface area contributed by atoms with Crippen LogP contribution in [0.1, 0.15) is 45.0 Å². The van der Waals surface area contributed by atoms with Crippen LogP contribution in [0.25, 0.3) is 0 Å². The highest BCUT2D eigenvalue weighted by molar-refractivity contribution is 7.89. The molecule has 7 nitrogen and oxygen atoms in total. The van der Waals surface area contributed by atoms with Crippen LogP contribution in [0.5, 0.6) is 0 Å². The van der Waals surface area contributed by atoms with Crippen molar-refractivity contribution in [2.24, 2.45) is 0 Å². The van der Waals surface area contributed by atoms with Crippen LogP contribution >= 0.6 is 0 Å². The fourth-order valence-electron chi connectivity index (χ4n) is 2.78. The zero-order valence-corrected chi connectivity index (χ0v) is 16.9. The molecular formula is C17H24F3N3O4S. The summed E-state index contributed by atoms with van der Waals surface area (Å²) in [4.78, 5) is 16.6. The molecule has 0 radical (unpaired) electrons. The average Bonchev–Trinajstić information content (AvgIpc) is 2.52. The highest BCUT2D eigenvalue weighted by atomic mass is 32.2. The van der Waals surface area contributed by atoms with Crippen molar-refractivity contribution in [1.82, 2.24) is 14.6 Å². The maximum atomic E-state index is 12.7. The summed E-state index contributed by atoms with van der Waals surface area (Å²) >= 11 is 0. The summed E-state index contributed by atoms with van der Waals surface area (Å²) in [5, 5.41) is 0. The summed E-state index contributed by atoms with van der Waals surface area (Å²) in [5.74, 6) is 0. The van der Waals surface area contributed by atoms with Crippen LogP contribution in [-0.4, -0.2) is 49.1 Å². The Morgan fingerprint density at radius 3 is 2.25 bits per heavy atom. The van der Waals surface area contributed by atoms with Gasteiger partial charge < -0.3 is 9.64 Å². The van der Waals surface area contributed by atoms with Gasteiger partial charge in [-0.25, -0.2) is 22.9 Å². The highest BCUT2D eigenvalue weighted by Crippen LogP contribution is 2.29. The van der Waals surface area contributed by atoms with Crippen molar-refractivity contribution >= 4 is 16.1 Å². The van der Waals surface area contributed by atoms with Crippen LogP contribution < -0.4 is 4.72 Å². The molecule has 0 unspecified atom stereocenters. The number of nitrogens with one attached hydrogen (secondary N) is 1. The van der Waals surface area contributed by atoms with Crippen LogP contribution in [-0.2, 0) is 20.9 Å². The molecule has 1 amide bonds. The minimum atomic E-state index is -4.64. The topological polar surface area (TPSA) is 88.6 Å². The first-order chi connectivity index (χ1) is 12.7. The molecule has 0 atom stereocenters. The van der Waals surface area contributed by atoms with E-state index in [1.807, 2.05) is 0 Å². The number of piperidine rings is 1. The summed E-state index contributed by atoms with van der Waals surface area (Å²) in [5.41, 5.74) is -1.99. The average molecular weight is 423 g/mol. The van der Waals surface area contributed by atoms with Crippen LogP contribution in [0.3, 0.4) is 0 Å². The van der Waals surface area contributed by atoms with Gasteiger partial charge in [0, 0.05) is 19.1 Å². The van der Waals surface area contributed by atoms with E-state index in [1.54, 1.807) is 20.8 Å². The van der Waals surface area contributed by atoms with Gasteiger partial charge in [0.1, 0.15) is 16.2 Å². The molecule has 1 N–H and O–H groups in total. The number of ether oxygens (including phenoxy) is 1. The lowest BCUT2D eigenvalue weighted by Crippen LogP contribution is -2.47. The van der Waals surface area contributed by atoms with E-state index in [9.17, 15) is 26.4 Å². The van der Waals surface area contributed by atoms with Crippen LogP contribution in [0.2, 0.25) is 0 Å². The minimum Gasteiger partial charge on any atom is -0.444 e. The monoisotopic (exact) mass is 423 g/mol. The summed E-state index contributed by atoms with van der Waals surface area (Å²) in [6, 6.07) is 1.11. The van der Waals surface area contributed by atoms with Crippen LogP contribution in [0, 0.1) is 6.92 Å². The van der Waals surface area contributed by atoms with E-state index in [0.29, 0.717) is 32.0 Å². The van der Waals surface area contributed by atoms with E-state index in [4.69, 9.17) is 4.74 Å². The number of aromatic nitrogens is 1. The van der Waals surface area contributed by atoms with Crippen LogP contribution in [0.4, 0.5) is 18.0 Å². The van der Waals surface area contributed by atoms with Gasteiger partial charge in [-0.2, -0.15) is 13.2 Å². The van der Waals surface area contributed by atoms with E-state index in [1.165, 1.54) is 11.8 Å². The van der Waals surface area contributed by atoms with Crippen molar-refractivity contribution in [3.05, 3.63) is 23.5 Å². The fraction of sp³-hybridized carbons (Fsp3) is 0.647. The lowest BCUT2D eigenvalue weighted by Gasteiger charge is -2.33. The zero-order valence-electron chi connectivity index (χ0n) is 16.1. The molecule has 158 valence electrons. The van der Waals surface area contributed by atoms with Crippen LogP contribution in [0.15, 0.2) is 17.0 Å². The molecular weight excluding hydrogens is 399 g/mol. The molecule has 0 bridgehead atoms. The summed E-state index contributed by atoms with van der Waals surface area (Å²) in [6.45, 7) is 7.11.